The smallest absolute Gasteiger partial charge is 0.272 e. The van der Waals surface area contributed by atoms with E-state index in [1.807, 2.05) is 0 Å². The molecule has 1 saturated carbocycles. The largest absolute Gasteiger partial charge is 0.372 e. The van der Waals surface area contributed by atoms with E-state index >= 15 is 0 Å². The van der Waals surface area contributed by atoms with Crippen molar-refractivity contribution in [1.29, 1.82) is 0 Å². The van der Waals surface area contributed by atoms with Crippen LogP contribution in [0.2, 0.25) is 0 Å². The molecule has 1 aromatic heterocycles. The number of aromatic nitrogens is 2. The van der Waals surface area contributed by atoms with Crippen LogP contribution in [0.25, 0.3) is 0 Å². The summed E-state index contributed by atoms with van der Waals surface area (Å²) in [4.78, 5) is 31.6. The van der Waals surface area contributed by atoms with Crippen LogP contribution in [0.3, 0.4) is 0 Å². The molecule has 0 aliphatic heterocycles. The van der Waals surface area contributed by atoms with E-state index < -0.39 is 11.9 Å². The molecule has 102 valence electrons. The van der Waals surface area contributed by atoms with Crippen molar-refractivity contribution in [2.45, 2.75) is 31.8 Å². The molecule has 7 heteroatoms. The second-order valence-electron chi connectivity index (χ2n) is 4.52. The Balaban J connectivity index is 1.93. The summed E-state index contributed by atoms with van der Waals surface area (Å²) >= 11 is 0. The third-order valence-corrected chi connectivity index (χ3v) is 2.79. The average Bonchev–Trinajstić information content (AvgIpc) is 3.22. The number of hydrogen-bond donors (Lipinski definition) is 3. The molecule has 1 aromatic rings. The molecule has 2 amide bonds. The first-order chi connectivity index (χ1) is 9.10. The number of carbonyl (C=O) groups is 2. The van der Waals surface area contributed by atoms with Crippen LogP contribution in [-0.4, -0.2) is 40.9 Å². The topological polar surface area (TPSA) is 96.0 Å². The molecule has 7 nitrogen and oxygen atoms in total. The minimum atomic E-state index is -0.590. The van der Waals surface area contributed by atoms with Crippen molar-refractivity contribution in [1.82, 2.24) is 20.6 Å². The lowest BCUT2D eigenvalue weighted by atomic mass is 10.3. The molecule has 19 heavy (non-hydrogen) atoms. The normalized spacial score (nSPS) is 15.5. The van der Waals surface area contributed by atoms with Gasteiger partial charge in [0, 0.05) is 13.1 Å². The van der Waals surface area contributed by atoms with Crippen LogP contribution in [-0.2, 0) is 4.79 Å². The summed E-state index contributed by atoms with van der Waals surface area (Å²) in [6.07, 6.45) is 4.91. The maximum atomic E-state index is 11.9. The quantitative estimate of drug-likeness (QED) is 0.690. The molecule has 0 radical (unpaired) electrons. The van der Waals surface area contributed by atoms with E-state index in [1.165, 1.54) is 12.4 Å². The summed E-state index contributed by atoms with van der Waals surface area (Å²) in [6, 6.07) is -0.313. The summed E-state index contributed by atoms with van der Waals surface area (Å²) in [6.45, 7) is 1.64. The maximum Gasteiger partial charge on any atom is 0.272 e. The Kier molecular flexibility index (Phi) is 3.94. The Labute approximate surface area is 111 Å². The lowest BCUT2D eigenvalue weighted by Gasteiger charge is -2.13. The van der Waals surface area contributed by atoms with Crippen molar-refractivity contribution >= 4 is 17.6 Å². The van der Waals surface area contributed by atoms with Crippen molar-refractivity contribution < 1.29 is 9.59 Å². The van der Waals surface area contributed by atoms with E-state index in [1.54, 1.807) is 14.0 Å². The first-order valence-corrected chi connectivity index (χ1v) is 6.21. The van der Waals surface area contributed by atoms with Gasteiger partial charge in [0.15, 0.2) is 0 Å². The SMILES string of the molecule is CNc1cncc(C(=O)NC(C)C(=O)NC2CC2)n1. The van der Waals surface area contributed by atoms with Crippen molar-refractivity contribution in [3.05, 3.63) is 18.1 Å². The maximum absolute atomic E-state index is 11.9. The average molecular weight is 263 g/mol. The summed E-state index contributed by atoms with van der Waals surface area (Å²) < 4.78 is 0. The molecule has 1 fully saturated rings. The number of anilines is 1. The number of nitrogens with one attached hydrogen (secondary N) is 3. The van der Waals surface area contributed by atoms with E-state index in [2.05, 4.69) is 25.9 Å². The molecule has 0 spiro atoms. The number of carbonyl (C=O) groups excluding carboxylic acids is 2. The molecular weight excluding hydrogens is 246 g/mol. The predicted octanol–water partition coefficient (Wildman–Crippen LogP) is -0.0848. The van der Waals surface area contributed by atoms with Crippen LogP contribution in [0.15, 0.2) is 12.4 Å². The summed E-state index contributed by atoms with van der Waals surface area (Å²) in [5.74, 6) is -0.0839. The minimum Gasteiger partial charge on any atom is -0.372 e. The second kappa shape index (κ2) is 5.64. The fourth-order valence-electron chi connectivity index (χ4n) is 1.49. The van der Waals surface area contributed by atoms with Gasteiger partial charge in [-0.3, -0.25) is 14.6 Å². The van der Waals surface area contributed by atoms with Crippen LogP contribution in [0.1, 0.15) is 30.3 Å². The molecule has 1 atom stereocenters. The molecule has 0 bridgehead atoms. The zero-order valence-corrected chi connectivity index (χ0v) is 10.9. The highest BCUT2D eigenvalue weighted by Crippen LogP contribution is 2.18. The van der Waals surface area contributed by atoms with Gasteiger partial charge in [-0.05, 0) is 19.8 Å². The summed E-state index contributed by atoms with van der Waals surface area (Å²) in [5, 5.41) is 8.23. The van der Waals surface area contributed by atoms with E-state index in [0.717, 1.165) is 12.8 Å². The first kappa shape index (κ1) is 13.3. The number of amides is 2. The van der Waals surface area contributed by atoms with Gasteiger partial charge < -0.3 is 16.0 Å². The van der Waals surface area contributed by atoms with Gasteiger partial charge in [-0.1, -0.05) is 0 Å². The lowest BCUT2D eigenvalue weighted by molar-refractivity contribution is -0.122. The van der Waals surface area contributed by atoms with Gasteiger partial charge in [0.05, 0.1) is 12.4 Å². The van der Waals surface area contributed by atoms with Gasteiger partial charge in [0.1, 0.15) is 17.6 Å². The van der Waals surface area contributed by atoms with Gasteiger partial charge in [-0.15, -0.1) is 0 Å². The Hall–Kier alpha value is -2.18. The lowest BCUT2D eigenvalue weighted by Crippen LogP contribution is -2.45. The monoisotopic (exact) mass is 263 g/mol. The van der Waals surface area contributed by atoms with E-state index in [-0.39, 0.29) is 17.6 Å². The molecule has 2 rings (SSSR count). The highest BCUT2D eigenvalue weighted by atomic mass is 16.2. The molecule has 1 heterocycles. The van der Waals surface area contributed by atoms with Crippen LogP contribution >= 0.6 is 0 Å². The van der Waals surface area contributed by atoms with E-state index in [0.29, 0.717) is 5.82 Å². The van der Waals surface area contributed by atoms with Crippen LogP contribution in [0.5, 0.6) is 0 Å². The molecule has 3 N–H and O–H groups in total. The van der Waals surface area contributed by atoms with E-state index in [9.17, 15) is 9.59 Å². The molecule has 1 aliphatic rings. The molecule has 0 aromatic carbocycles. The van der Waals surface area contributed by atoms with Gasteiger partial charge >= 0.3 is 0 Å². The van der Waals surface area contributed by atoms with Crippen LogP contribution in [0.4, 0.5) is 5.82 Å². The number of hydrogen-bond acceptors (Lipinski definition) is 5. The number of rotatable bonds is 5. The Bertz CT molecular complexity index is 487. The summed E-state index contributed by atoms with van der Waals surface area (Å²) in [7, 11) is 1.69. The van der Waals surface area contributed by atoms with Gasteiger partial charge in [-0.2, -0.15) is 0 Å². The zero-order chi connectivity index (χ0) is 13.8. The van der Waals surface area contributed by atoms with Gasteiger partial charge in [-0.25, -0.2) is 4.98 Å². The van der Waals surface area contributed by atoms with E-state index in [4.69, 9.17) is 0 Å². The highest BCUT2D eigenvalue weighted by Gasteiger charge is 2.26. The number of nitrogens with zero attached hydrogens (tertiary/aromatic N) is 2. The Morgan fingerprint density at radius 1 is 1.37 bits per heavy atom. The van der Waals surface area contributed by atoms with Crippen LogP contribution in [0, 0.1) is 0 Å². The standard InChI is InChI=1S/C12H17N5O2/c1-7(11(18)16-8-3-4-8)15-12(19)9-5-14-6-10(13-2)17-9/h5-8H,3-4H2,1-2H3,(H,13,17)(H,15,19)(H,16,18). The molecular formula is C12H17N5O2. The third kappa shape index (κ3) is 3.64. The van der Waals surface area contributed by atoms with Crippen LogP contribution < -0.4 is 16.0 Å². The second-order valence-corrected chi connectivity index (χ2v) is 4.52. The third-order valence-electron chi connectivity index (χ3n) is 2.79. The highest BCUT2D eigenvalue weighted by molar-refractivity contribution is 5.96. The predicted molar refractivity (Wildman–Crippen MR) is 69.7 cm³/mol. The molecule has 0 saturated heterocycles. The fraction of sp³-hybridized carbons (Fsp3) is 0.500. The van der Waals surface area contributed by atoms with Gasteiger partial charge in [0.2, 0.25) is 5.91 Å². The first-order valence-electron chi connectivity index (χ1n) is 6.21. The summed E-state index contributed by atoms with van der Waals surface area (Å²) in [5.41, 5.74) is 0.179. The minimum absolute atomic E-state index is 0.173. The van der Waals surface area contributed by atoms with Crippen molar-refractivity contribution in [3.63, 3.8) is 0 Å². The van der Waals surface area contributed by atoms with Gasteiger partial charge in [0.25, 0.3) is 5.91 Å². The van der Waals surface area contributed by atoms with Crippen molar-refractivity contribution in [3.8, 4) is 0 Å². The molecule has 1 aliphatic carbocycles. The van der Waals surface area contributed by atoms with Crippen molar-refractivity contribution in [2.75, 3.05) is 12.4 Å². The fourth-order valence-corrected chi connectivity index (χ4v) is 1.49. The molecule has 1 unspecified atom stereocenters. The zero-order valence-electron chi connectivity index (χ0n) is 10.9. The Morgan fingerprint density at radius 3 is 2.74 bits per heavy atom. The van der Waals surface area contributed by atoms with Crippen molar-refractivity contribution in [2.24, 2.45) is 0 Å². The Morgan fingerprint density at radius 2 is 2.11 bits per heavy atom.